The maximum Gasteiger partial charge on any atom is 0.259 e. The first-order valence-corrected chi connectivity index (χ1v) is 9.17. The lowest BCUT2D eigenvalue weighted by Crippen LogP contribution is -2.35. The molecule has 0 N–H and O–H groups in total. The molecule has 1 fully saturated rings. The van der Waals surface area contributed by atoms with E-state index in [0.29, 0.717) is 39.6 Å². The molecule has 0 unspecified atom stereocenters. The Kier molecular flexibility index (Phi) is 3.74. The van der Waals surface area contributed by atoms with Crippen molar-refractivity contribution in [2.24, 2.45) is 0 Å². The average Bonchev–Trinajstić information content (AvgIpc) is 3.33. The number of aromatic nitrogens is 2. The number of aryl methyl sites for hydroxylation is 1. The quantitative estimate of drug-likeness (QED) is 0.691. The zero-order valence-electron chi connectivity index (χ0n) is 15.0. The highest BCUT2D eigenvalue weighted by Crippen LogP contribution is 2.36. The Morgan fingerprint density at radius 3 is 2.74 bits per heavy atom. The molecule has 1 saturated heterocycles. The lowest BCUT2D eigenvalue weighted by molar-refractivity contribution is 0.0726. The van der Waals surface area contributed by atoms with Gasteiger partial charge in [0.25, 0.3) is 11.6 Å². The van der Waals surface area contributed by atoms with Crippen LogP contribution in [0.5, 0.6) is 11.5 Å². The van der Waals surface area contributed by atoms with Crippen molar-refractivity contribution in [3.05, 3.63) is 35.5 Å². The van der Waals surface area contributed by atoms with Crippen molar-refractivity contribution in [2.75, 3.05) is 19.9 Å². The Hall–Kier alpha value is -3.09. The van der Waals surface area contributed by atoms with Crippen LogP contribution in [-0.2, 0) is 0 Å². The van der Waals surface area contributed by atoms with Gasteiger partial charge in [0.2, 0.25) is 6.79 Å². The third-order valence-corrected chi connectivity index (χ3v) is 5.16. The molecular weight excluding hydrogens is 346 g/mol. The number of nitrogens with zero attached hydrogens (tertiary/aromatic N) is 3. The number of hydrogen-bond donors (Lipinski definition) is 0. The fraction of sp³-hybridized carbons (Fsp3) is 0.350. The molecule has 3 aromatic rings. The molecule has 7 nitrogen and oxygen atoms in total. The van der Waals surface area contributed by atoms with Gasteiger partial charge in [0.05, 0.1) is 22.3 Å². The summed E-state index contributed by atoms with van der Waals surface area (Å²) in [5.74, 6) is 1.39. The van der Waals surface area contributed by atoms with Gasteiger partial charge in [-0.3, -0.25) is 4.79 Å². The summed E-state index contributed by atoms with van der Waals surface area (Å²) in [6, 6.07) is 7.46. The van der Waals surface area contributed by atoms with Crippen LogP contribution >= 0.6 is 0 Å². The van der Waals surface area contributed by atoms with Crippen LogP contribution in [-0.4, -0.2) is 40.8 Å². The number of ether oxygens (including phenoxy) is 2. The normalized spacial score (nSPS) is 16.1. The number of rotatable bonds is 2. The molecule has 1 amide bonds. The minimum absolute atomic E-state index is 0.00962. The van der Waals surface area contributed by atoms with Gasteiger partial charge < -0.3 is 18.9 Å². The lowest BCUT2D eigenvalue weighted by atomic mass is 10.0. The summed E-state index contributed by atoms with van der Waals surface area (Å²) in [5, 5.41) is 4.71. The third kappa shape index (κ3) is 2.70. The number of carbonyl (C=O) groups excluding carboxylic acids is 1. The van der Waals surface area contributed by atoms with Crippen molar-refractivity contribution in [2.45, 2.75) is 26.2 Å². The van der Waals surface area contributed by atoms with Gasteiger partial charge in [-0.2, -0.15) is 0 Å². The largest absolute Gasteiger partial charge is 0.454 e. The Morgan fingerprint density at radius 1 is 1.07 bits per heavy atom. The van der Waals surface area contributed by atoms with Gasteiger partial charge in [0, 0.05) is 18.7 Å². The van der Waals surface area contributed by atoms with Gasteiger partial charge in [-0.15, -0.1) is 0 Å². The van der Waals surface area contributed by atoms with Crippen molar-refractivity contribution < 1.29 is 18.8 Å². The van der Waals surface area contributed by atoms with E-state index in [0.717, 1.165) is 31.5 Å². The molecule has 2 aliphatic rings. The van der Waals surface area contributed by atoms with Crippen molar-refractivity contribution >= 4 is 17.0 Å². The van der Waals surface area contributed by atoms with E-state index in [9.17, 15) is 4.79 Å². The molecule has 0 saturated carbocycles. The molecule has 0 radical (unpaired) electrons. The summed E-state index contributed by atoms with van der Waals surface area (Å²) < 4.78 is 16.2. The van der Waals surface area contributed by atoms with Gasteiger partial charge in [-0.05, 0) is 50.5 Å². The number of piperidine rings is 1. The number of fused-ring (bicyclic) bond motifs is 2. The van der Waals surface area contributed by atoms with Crippen LogP contribution in [0.4, 0.5) is 0 Å². The van der Waals surface area contributed by atoms with E-state index < -0.39 is 0 Å². The van der Waals surface area contributed by atoms with Crippen molar-refractivity contribution in [3.63, 3.8) is 0 Å². The number of likely N-dealkylation sites (tertiary alicyclic amines) is 1. The molecule has 27 heavy (non-hydrogen) atoms. The molecule has 7 heteroatoms. The van der Waals surface area contributed by atoms with E-state index >= 15 is 0 Å². The second-order valence-corrected chi connectivity index (χ2v) is 6.92. The summed E-state index contributed by atoms with van der Waals surface area (Å²) in [5.41, 5.74) is 3.13. The predicted molar refractivity (Wildman–Crippen MR) is 97.9 cm³/mol. The summed E-state index contributed by atoms with van der Waals surface area (Å²) in [6.07, 6.45) is 3.25. The van der Waals surface area contributed by atoms with Gasteiger partial charge in [-0.1, -0.05) is 5.16 Å². The first kappa shape index (κ1) is 16.1. The van der Waals surface area contributed by atoms with E-state index in [1.165, 1.54) is 6.42 Å². The third-order valence-electron chi connectivity index (χ3n) is 5.16. The molecule has 0 atom stereocenters. The molecular formula is C20H19N3O4. The maximum absolute atomic E-state index is 13.2. The highest BCUT2D eigenvalue weighted by atomic mass is 16.7. The Morgan fingerprint density at radius 2 is 1.89 bits per heavy atom. The summed E-state index contributed by atoms with van der Waals surface area (Å²) >= 11 is 0. The predicted octanol–water partition coefficient (Wildman–Crippen LogP) is 3.55. The zero-order valence-corrected chi connectivity index (χ0v) is 15.0. The molecule has 0 bridgehead atoms. The highest BCUT2D eigenvalue weighted by molar-refractivity contribution is 6.07. The fourth-order valence-corrected chi connectivity index (χ4v) is 3.73. The van der Waals surface area contributed by atoms with Gasteiger partial charge in [0.1, 0.15) is 0 Å². The van der Waals surface area contributed by atoms with Crippen LogP contribution in [0.3, 0.4) is 0 Å². The van der Waals surface area contributed by atoms with Crippen LogP contribution in [0.2, 0.25) is 0 Å². The molecule has 4 heterocycles. The lowest BCUT2D eigenvalue weighted by Gasteiger charge is -2.27. The zero-order chi connectivity index (χ0) is 18.4. The van der Waals surface area contributed by atoms with Crippen molar-refractivity contribution in [1.82, 2.24) is 15.0 Å². The van der Waals surface area contributed by atoms with Crippen LogP contribution in [0.1, 0.15) is 35.3 Å². The monoisotopic (exact) mass is 365 g/mol. The topological polar surface area (TPSA) is 77.7 Å². The first-order valence-electron chi connectivity index (χ1n) is 9.17. The Labute approximate surface area is 155 Å². The van der Waals surface area contributed by atoms with E-state index in [1.54, 1.807) is 0 Å². The SMILES string of the molecule is Cc1noc2nc(-c3ccc4c(c3)OCO4)cc(C(=O)N3CCCCC3)c12. The second-order valence-electron chi connectivity index (χ2n) is 6.92. The standard InChI is InChI=1S/C20H19N3O4/c1-12-18-14(20(24)23-7-3-2-4-8-23)10-15(21-19(18)27-22-12)13-5-6-16-17(9-13)26-11-25-16/h5-6,9-10H,2-4,7-8,11H2,1H3. The van der Waals surface area contributed by atoms with E-state index in [-0.39, 0.29) is 12.7 Å². The minimum atomic E-state index is 0.00962. The first-order chi connectivity index (χ1) is 13.2. The van der Waals surface area contributed by atoms with E-state index in [1.807, 2.05) is 36.1 Å². The number of carbonyl (C=O) groups is 1. The van der Waals surface area contributed by atoms with Gasteiger partial charge in [0.15, 0.2) is 11.5 Å². The molecule has 0 spiro atoms. The number of pyridine rings is 1. The second kappa shape index (κ2) is 6.26. The van der Waals surface area contributed by atoms with E-state index in [4.69, 9.17) is 14.0 Å². The van der Waals surface area contributed by atoms with Gasteiger partial charge in [-0.25, -0.2) is 4.98 Å². The summed E-state index contributed by atoms with van der Waals surface area (Å²) in [4.78, 5) is 19.7. The van der Waals surface area contributed by atoms with Crippen LogP contribution in [0.25, 0.3) is 22.4 Å². The fourth-order valence-electron chi connectivity index (χ4n) is 3.73. The molecule has 2 aromatic heterocycles. The molecule has 5 rings (SSSR count). The molecule has 2 aliphatic heterocycles. The maximum atomic E-state index is 13.2. The smallest absolute Gasteiger partial charge is 0.259 e. The van der Waals surface area contributed by atoms with Crippen LogP contribution < -0.4 is 9.47 Å². The Bertz CT molecular complexity index is 1040. The van der Waals surface area contributed by atoms with Crippen LogP contribution in [0, 0.1) is 6.92 Å². The Balaban J connectivity index is 1.63. The minimum Gasteiger partial charge on any atom is -0.454 e. The number of benzene rings is 1. The van der Waals surface area contributed by atoms with Crippen LogP contribution in [0.15, 0.2) is 28.8 Å². The molecule has 0 aliphatic carbocycles. The number of hydrogen-bond acceptors (Lipinski definition) is 6. The van der Waals surface area contributed by atoms with Crippen molar-refractivity contribution in [1.29, 1.82) is 0 Å². The number of amides is 1. The highest BCUT2D eigenvalue weighted by Gasteiger charge is 2.25. The van der Waals surface area contributed by atoms with Crippen molar-refractivity contribution in [3.8, 4) is 22.8 Å². The van der Waals surface area contributed by atoms with E-state index in [2.05, 4.69) is 10.1 Å². The van der Waals surface area contributed by atoms with Gasteiger partial charge >= 0.3 is 0 Å². The molecule has 138 valence electrons. The average molecular weight is 365 g/mol. The molecule has 1 aromatic carbocycles. The summed E-state index contributed by atoms with van der Waals surface area (Å²) in [7, 11) is 0. The summed E-state index contributed by atoms with van der Waals surface area (Å²) in [6.45, 7) is 3.62.